The first-order valence-corrected chi connectivity index (χ1v) is 55.7. The van der Waals surface area contributed by atoms with Gasteiger partial charge in [-0.05, 0) is 112 Å². The highest BCUT2D eigenvalue weighted by Gasteiger charge is 2.55. The van der Waals surface area contributed by atoms with Crippen molar-refractivity contribution in [1.29, 1.82) is 0 Å². The van der Waals surface area contributed by atoms with Gasteiger partial charge in [0.05, 0.1) is 53.8 Å². The molecule has 2 aliphatic heterocycles. The summed E-state index contributed by atoms with van der Waals surface area (Å²) in [4.78, 5) is 149. The number of esters is 3. The third-order valence-corrected chi connectivity index (χ3v) is 29.5. The second kappa shape index (κ2) is 74.8. The molecule has 760 valence electrons. The van der Waals surface area contributed by atoms with Gasteiger partial charge in [0.15, 0.2) is 11.6 Å². The zero-order chi connectivity index (χ0) is 97.0. The molecule has 17 heteroatoms. The lowest BCUT2D eigenvalue weighted by molar-refractivity contribution is -0.162. The van der Waals surface area contributed by atoms with Crippen molar-refractivity contribution in [2.75, 3.05) is 26.3 Å². The van der Waals surface area contributed by atoms with Gasteiger partial charge in [-0.15, -0.1) is 0 Å². The Labute approximate surface area is 810 Å². The van der Waals surface area contributed by atoms with Gasteiger partial charge in [0.2, 0.25) is 17.7 Å². The van der Waals surface area contributed by atoms with Crippen LogP contribution in [0, 0.1) is 89.8 Å². The maximum atomic E-state index is 16.4. The molecule has 0 spiro atoms. The number of rotatable bonds is 89. The highest BCUT2D eigenvalue weighted by molar-refractivity contribution is 6.13. The van der Waals surface area contributed by atoms with E-state index in [0.717, 1.165) is 134 Å². The van der Waals surface area contributed by atoms with Crippen molar-refractivity contribution in [2.24, 2.45) is 82.9 Å². The van der Waals surface area contributed by atoms with Gasteiger partial charge in [0.1, 0.15) is 19.0 Å². The summed E-state index contributed by atoms with van der Waals surface area (Å²) >= 11 is 0. The van der Waals surface area contributed by atoms with Crippen LogP contribution in [0.1, 0.15) is 513 Å². The second-order valence-corrected chi connectivity index (χ2v) is 42.3. The van der Waals surface area contributed by atoms with Crippen LogP contribution in [0.15, 0.2) is 48.5 Å². The number of hydrogen-bond donors (Lipinski definition) is 3. The molecular weight excluding hydrogens is 1660 g/mol. The first-order valence-electron chi connectivity index (χ1n) is 55.7. The van der Waals surface area contributed by atoms with Gasteiger partial charge in [-0.1, -0.05) is 465 Å². The molecule has 12 unspecified atom stereocenters. The van der Waals surface area contributed by atoms with E-state index in [2.05, 4.69) is 39.9 Å². The van der Waals surface area contributed by atoms with E-state index in [0.29, 0.717) is 55.4 Å². The number of unbranched alkanes of at least 4 members (excludes halogenated alkanes) is 52. The lowest BCUT2D eigenvalue weighted by Crippen LogP contribution is -2.45. The van der Waals surface area contributed by atoms with Crippen molar-refractivity contribution in [2.45, 2.75) is 494 Å². The molecule has 0 saturated carbocycles. The number of aryl methyl sites for hydroxylation is 1. The average molecular weight is 1860 g/mol. The van der Waals surface area contributed by atoms with Crippen LogP contribution in [-0.2, 0) is 47.8 Å². The monoisotopic (exact) mass is 1860 g/mol. The number of nitrogens with one attached hydrogen (secondary N) is 1. The number of ketones is 2. The third-order valence-electron chi connectivity index (χ3n) is 29.5. The minimum Gasteiger partial charge on any atom is -0.490 e. The number of cyclic esters (lactones) is 2. The topological polar surface area (TPSA) is 254 Å². The molecule has 4 rings (SSSR count). The molecular formula is C116H196N2O15. The minimum atomic E-state index is -1.38. The van der Waals surface area contributed by atoms with Gasteiger partial charge < -0.3 is 29.7 Å². The van der Waals surface area contributed by atoms with E-state index in [9.17, 15) is 34.2 Å². The molecule has 2 aliphatic rings. The Morgan fingerprint density at radius 1 is 0.398 bits per heavy atom. The lowest BCUT2D eigenvalue weighted by atomic mass is 9.66. The van der Waals surface area contributed by atoms with Crippen molar-refractivity contribution in [1.82, 2.24) is 10.2 Å². The number of benzene rings is 2. The molecule has 2 saturated heterocycles. The zero-order valence-corrected chi connectivity index (χ0v) is 86.6. The first-order chi connectivity index (χ1) is 64.4. The SMILES string of the molecule is CCCCCCCCCCCCCCCCC(C)CC(C(=O)OCCOc1ccc(C(=O)CC(=O)c2ccc(C)cc2)cc1)C(C(=O)O)C(CCCCCCCCCCCCCCCC)CC1C(=O)N(CC(C)C)C(=O)C1C(CCCCCCCCCCCCCCCC)CC(C(=O)NCC(C)C)C(C(=O)O)C(CCCCCCCCCCCCCCCC)CC1C(=O)OC(=O)C1C. The van der Waals surface area contributed by atoms with Crippen LogP contribution in [0.5, 0.6) is 5.75 Å². The van der Waals surface area contributed by atoms with Crippen molar-refractivity contribution >= 4 is 59.1 Å². The molecule has 0 bridgehead atoms. The maximum absolute atomic E-state index is 16.4. The molecule has 0 aliphatic carbocycles. The number of amides is 3. The van der Waals surface area contributed by atoms with Crippen LogP contribution in [0.2, 0.25) is 0 Å². The van der Waals surface area contributed by atoms with E-state index in [1.807, 2.05) is 46.8 Å². The second-order valence-electron chi connectivity index (χ2n) is 42.3. The summed E-state index contributed by atoms with van der Waals surface area (Å²) in [6.07, 6.45) is 65.7. The van der Waals surface area contributed by atoms with Crippen LogP contribution < -0.4 is 10.1 Å². The van der Waals surface area contributed by atoms with Crippen LogP contribution >= 0.6 is 0 Å². The van der Waals surface area contributed by atoms with Crippen LogP contribution in [-0.4, -0.2) is 101 Å². The Hall–Kier alpha value is -6.26. The minimum absolute atomic E-state index is 0.00834. The summed E-state index contributed by atoms with van der Waals surface area (Å²) in [6.45, 7) is 22.6. The number of nitrogens with zero attached hydrogens (tertiary/aromatic N) is 1. The highest BCUT2D eigenvalue weighted by atomic mass is 16.6. The van der Waals surface area contributed by atoms with E-state index in [-0.39, 0.29) is 87.7 Å². The van der Waals surface area contributed by atoms with Crippen LogP contribution in [0.25, 0.3) is 0 Å². The molecule has 2 fully saturated rings. The molecule has 17 nitrogen and oxygen atoms in total. The van der Waals surface area contributed by atoms with Crippen molar-refractivity contribution in [3.63, 3.8) is 0 Å². The fraction of sp³-hybridized carbons (Fsp3) is 0.810. The van der Waals surface area contributed by atoms with E-state index >= 15 is 24.0 Å². The van der Waals surface area contributed by atoms with Crippen LogP contribution in [0.3, 0.4) is 0 Å². The number of ether oxygens (including phenoxy) is 3. The van der Waals surface area contributed by atoms with E-state index in [1.54, 1.807) is 43.3 Å². The fourth-order valence-corrected chi connectivity index (χ4v) is 21.3. The number of carbonyl (C=O) groups excluding carboxylic acids is 8. The summed E-state index contributed by atoms with van der Waals surface area (Å²) in [7, 11) is 0. The Morgan fingerprint density at radius 2 is 0.744 bits per heavy atom. The van der Waals surface area contributed by atoms with Crippen LogP contribution in [0.4, 0.5) is 0 Å². The number of carboxylic acids is 2. The average Bonchev–Trinajstić information content (AvgIpc) is 1.62. The summed E-state index contributed by atoms with van der Waals surface area (Å²) in [5, 5.41) is 27.6. The summed E-state index contributed by atoms with van der Waals surface area (Å²) in [5.74, 6) is -17.7. The highest BCUT2D eigenvalue weighted by Crippen LogP contribution is 2.48. The number of likely N-dealkylation sites (tertiary alicyclic amines) is 1. The Morgan fingerprint density at radius 3 is 1.10 bits per heavy atom. The molecule has 2 aromatic rings. The molecule has 3 amide bonds. The Balaban J connectivity index is 1.87. The first kappa shape index (κ1) is 119. The third kappa shape index (κ3) is 51.3. The van der Waals surface area contributed by atoms with E-state index in [4.69, 9.17) is 14.2 Å². The lowest BCUT2D eigenvalue weighted by Gasteiger charge is -2.37. The summed E-state index contributed by atoms with van der Waals surface area (Å²) in [6, 6.07) is 13.6. The molecule has 133 heavy (non-hydrogen) atoms. The van der Waals surface area contributed by atoms with Crippen molar-refractivity contribution < 1.29 is 72.4 Å². The van der Waals surface area contributed by atoms with Gasteiger partial charge in [0.25, 0.3) is 0 Å². The molecule has 0 radical (unpaired) electrons. The predicted octanol–water partition coefficient (Wildman–Crippen LogP) is 30.9. The van der Waals surface area contributed by atoms with E-state index in [1.165, 1.54) is 223 Å². The van der Waals surface area contributed by atoms with E-state index < -0.39 is 113 Å². The number of Topliss-reactive ketones (excluding diaryl/α,β-unsaturated/α-hetero) is 2. The quantitative estimate of drug-likeness (QED) is 0.0183. The largest absolute Gasteiger partial charge is 0.490 e. The number of aliphatic carboxylic acids is 2. The Bertz CT molecular complexity index is 3420. The molecule has 2 aromatic carbocycles. The predicted molar refractivity (Wildman–Crippen MR) is 545 cm³/mol. The maximum Gasteiger partial charge on any atom is 0.317 e. The number of imide groups is 1. The molecule has 3 N–H and O–H groups in total. The number of carbonyl (C=O) groups is 10. The van der Waals surface area contributed by atoms with Gasteiger partial charge >= 0.3 is 29.8 Å². The van der Waals surface area contributed by atoms with Crippen molar-refractivity contribution in [3.05, 3.63) is 65.2 Å². The smallest absolute Gasteiger partial charge is 0.317 e. The van der Waals surface area contributed by atoms with Crippen molar-refractivity contribution in [3.8, 4) is 5.75 Å². The van der Waals surface area contributed by atoms with Gasteiger partial charge in [-0.3, -0.25) is 52.8 Å². The molecule has 0 aromatic heterocycles. The fourth-order valence-electron chi connectivity index (χ4n) is 21.3. The number of hydrogen-bond acceptors (Lipinski definition) is 13. The van der Waals surface area contributed by atoms with Gasteiger partial charge in [-0.25, -0.2) is 0 Å². The number of carboxylic acid groups (broad SMARTS) is 2. The zero-order valence-electron chi connectivity index (χ0n) is 86.6. The summed E-state index contributed by atoms with van der Waals surface area (Å²) < 4.78 is 17.7. The standard InChI is InChI=1S/C116H196N2O15/c1-12-16-20-24-28-32-36-40-44-48-52-56-60-64-68-92(10)82-103(115(129)132-81-80-131-99-78-76-95(77-79-99)105(120)86-104(119)94-74-72-91(9)73-75-94)108(113(126)127)98(71-67-63-59-55-51-47-43-39-35-31-27-23-19-15-4)85-102-106(111(123)118(110(102)122)88-90(7)8)96(69-65-61-57-53-49-45-41-37-33-29-25-21-17-13-2)84-101(109(121)117-87-89(5)6)107(112(124)125)97(83-100-93(11)114(128)133-116(100)130)70-66-62-58-54-50-46-42-38-34-30-26-22-18-14-3/h72-79,89-90,92-93,96-98,100-103,106-108H,12-71,80-88H2,1-11H3,(H,117,121)(H,124,125)(H,126,127). The molecule has 2 heterocycles. The Kier molecular flexibility index (Phi) is 66.9. The summed E-state index contributed by atoms with van der Waals surface area (Å²) in [5.41, 5.74) is 1.80. The normalized spacial score (nSPS) is 17.0. The van der Waals surface area contributed by atoms with Gasteiger partial charge in [0, 0.05) is 24.2 Å². The van der Waals surface area contributed by atoms with Gasteiger partial charge in [-0.2, -0.15) is 0 Å². The molecule has 12 atom stereocenters.